The van der Waals surface area contributed by atoms with Crippen molar-refractivity contribution in [1.29, 1.82) is 0 Å². The standard InChI is InChI=1S/C54H102O6/c1-4-7-10-13-15-17-19-20-21-22-23-24-25-26-27-28-29-30-31-32-33-34-35-37-38-41-44-47-53(56)59-50-51(49-58-52(55)46-43-40-12-9-6-3)60-54(57)48-45-42-39-36-18-16-14-11-8-5-2/h11,14,51H,4-10,12-13,15-50H2,1-3H3/b14-11-. The molecule has 0 spiro atoms. The van der Waals surface area contributed by atoms with Gasteiger partial charge in [0.1, 0.15) is 13.2 Å². The molecule has 0 saturated carbocycles. The minimum atomic E-state index is -0.765. The van der Waals surface area contributed by atoms with Crippen LogP contribution in [-0.4, -0.2) is 37.2 Å². The fourth-order valence-electron chi connectivity index (χ4n) is 7.98. The molecular weight excluding hydrogens is 745 g/mol. The van der Waals surface area contributed by atoms with Crippen LogP contribution in [0, 0.1) is 0 Å². The molecule has 6 nitrogen and oxygen atoms in total. The van der Waals surface area contributed by atoms with Crippen LogP contribution in [0.1, 0.15) is 297 Å². The second-order valence-electron chi connectivity index (χ2n) is 18.2. The van der Waals surface area contributed by atoms with E-state index < -0.39 is 6.10 Å². The Morgan fingerprint density at radius 3 is 0.900 bits per heavy atom. The molecule has 0 saturated heterocycles. The van der Waals surface area contributed by atoms with Crippen LogP contribution in [0.4, 0.5) is 0 Å². The van der Waals surface area contributed by atoms with Gasteiger partial charge in [0, 0.05) is 19.3 Å². The Hall–Kier alpha value is -1.85. The van der Waals surface area contributed by atoms with E-state index in [0.29, 0.717) is 19.3 Å². The zero-order chi connectivity index (χ0) is 43.7. The second kappa shape index (κ2) is 49.8. The van der Waals surface area contributed by atoms with Gasteiger partial charge in [0.25, 0.3) is 0 Å². The Labute approximate surface area is 373 Å². The number of hydrogen-bond acceptors (Lipinski definition) is 6. The van der Waals surface area contributed by atoms with Gasteiger partial charge < -0.3 is 14.2 Å². The molecule has 1 atom stereocenters. The van der Waals surface area contributed by atoms with Crippen molar-refractivity contribution in [2.75, 3.05) is 13.2 Å². The summed E-state index contributed by atoms with van der Waals surface area (Å²) in [6, 6.07) is 0. The van der Waals surface area contributed by atoms with E-state index in [-0.39, 0.29) is 31.1 Å². The Bertz CT molecular complexity index is 931. The molecule has 6 heteroatoms. The number of unbranched alkanes of at least 4 members (excludes halogenated alkanes) is 36. The SMILES string of the molecule is CCC/C=C\CCCCCCCC(=O)OC(COC(=O)CCCCCCC)COC(=O)CCCCCCCCCCCCCCCCCCCCCCCCCCCCC. The predicted octanol–water partition coefficient (Wildman–Crippen LogP) is 17.4. The fraction of sp³-hybridized carbons (Fsp3) is 0.907. The van der Waals surface area contributed by atoms with Crippen molar-refractivity contribution in [3.63, 3.8) is 0 Å². The molecule has 0 fully saturated rings. The zero-order valence-electron chi connectivity index (χ0n) is 40.5. The topological polar surface area (TPSA) is 78.9 Å². The van der Waals surface area contributed by atoms with Crippen LogP contribution in [-0.2, 0) is 28.6 Å². The van der Waals surface area contributed by atoms with Gasteiger partial charge in [-0.3, -0.25) is 14.4 Å². The molecule has 0 aromatic carbocycles. The number of rotatable bonds is 49. The summed E-state index contributed by atoms with van der Waals surface area (Å²) in [5.74, 6) is -0.883. The lowest BCUT2D eigenvalue weighted by Crippen LogP contribution is -2.30. The maximum Gasteiger partial charge on any atom is 0.306 e. The van der Waals surface area contributed by atoms with Gasteiger partial charge in [-0.15, -0.1) is 0 Å². The van der Waals surface area contributed by atoms with Gasteiger partial charge in [0.15, 0.2) is 6.10 Å². The van der Waals surface area contributed by atoms with Gasteiger partial charge in [0.2, 0.25) is 0 Å². The van der Waals surface area contributed by atoms with Crippen LogP contribution in [0.2, 0.25) is 0 Å². The van der Waals surface area contributed by atoms with Crippen LogP contribution in [0.15, 0.2) is 12.2 Å². The van der Waals surface area contributed by atoms with Gasteiger partial charge >= 0.3 is 17.9 Å². The maximum absolute atomic E-state index is 12.6. The van der Waals surface area contributed by atoms with E-state index in [9.17, 15) is 14.4 Å². The van der Waals surface area contributed by atoms with Crippen LogP contribution in [0.5, 0.6) is 0 Å². The summed E-state index contributed by atoms with van der Waals surface area (Å²) in [4.78, 5) is 37.5. The number of ether oxygens (including phenoxy) is 3. The lowest BCUT2D eigenvalue weighted by Gasteiger charge is -2.18. The first kappa shape index (κ1) is 58.1. The third-order valence-corrected chi connectivity index (χ3v) is 12.0. The first-order chi connectivity index (χ1) is 29.5. The first-order valence-corrected chi connectivity index (χ1v) is 26.7. The van der Waals surface area contributed by atoms with E-state index in [1.165, 1.54) is 173 Å². The van der Waals surface area contributed by atoms with Crippen molar-refractivity contribution < 1.29 is 28.6 Å². The van der Waals surface area contributed by atoms with E-state index in [1.54, 1.807) is 0 Å². The minimum Gasteiger partial charge on any atom is -0.462 e. The summed E-state index contributed by atoms with van der Waals surface area (Å²) in [5, 5.41) is 0. The Morgan fingerprint density at radius 2 is 0.583 bits per heavy atom. The highest BCUT2D eigenvalue weighted by Crippen LogP contribution is 2.17. The lowest BCUT2D eigenvalue weighted by atomic mass is 10.0. The molecule has 1 unspecified atom stereocenters. The number of hydrogen-bond donors (Lipinski definition) is 0. The minimum absolute atomic E-state index is 0.0700. The normalized spacial score (nSPS) is 12.0. The molecule has 0 heterocycles. The van der Waals surface area contributed by atoms with E-state index in [4.69, 9.17) is 14.2 Å². The molecule has 0 N–H and O–H groups in total. The summed E-state index contributed by atoms with van der Waals surface area (Å²) < 4.78 is 16.6. The van der Waals surface area contributed by atoms with Crippen molar-refractivity contribution in [2.45, 2.75) is 303 Å². The maximum atomic E-state index is 12.6. The number of carbonyl (C=O) groups excluding carboxylic acids is 3. The molecule has 0 aliphatic carbocycles. The quantitative estimate of drug-likeness (QED) is 0.0263. The van der Waals surface area contributed by atoms with Gasteiger partial charge in [-0.25, -0.2) is 0 Å². The Kier molecular flexibility index (Phi) is 48.3. The second-order valence-corrected chi connectivity index (χ2v) is 18.2. The molecule has 0 aliphatic heterocycles. The zero-order valence-corrected chi connectivity index (χ0v) is 40.5. The van der Waals surface area contributed by atoms with Crippen molar-refractivity contribution >= 4 is 17.9 Å². The molecule has 0 radical (unpaired) electrons. The summed E-state index contributed by atoms with van der Waals surface area (Å²) in [6.07, 6.45) is 55.6. The van der Waals surface area contributed by atoms with Crippen molar-refractivity contribution in [1.82, 2.24) is 0 Å². The molecule has 354 valence electrons. The third kappa shape index (κ3) is 47.2. The Balaban J connectivity index is 3.89. The van der Waals surface area contributed by atoms with Crippen LogP contribution >= 0.6 is 0 Å². The molecule has 0 aliphatic rings. The first-order valence-electron chi connectivity index (χ1n) is 26.7. The highest BCUT2D eigenvalue weighted by atomic mass is 16.6. The third-order valence-electron chi connectivity index (χ3n) is 12.0. The average molecular weight is 847 g/mol. The van der Waals surface area contributed by atoms with Gasteiger partial charge in [-0.2, -0.15) is 0 Å². The molecule has 0 aromatic heterocycles. The molecule has 0 rings (SSSR count). The highest BCUT2D eigenvalue weighted by Gasteiger charge is 2.19. The largest absolute Gasteiger partial charge is 0.462 e. The molecule has 0 amide bonds. The summed E-state index contributed by atoms with van der Waals surface area (Å²) >= 11 is 0. The average Bonchev–Trinajstić information content (AvgIpc) is 3.24. The summed E-state index contributed by atoms with van der Waals surface area (Å²) in [6.45, 7) is 6.52. The van der Waals surface area contributed by atoms with Gasteiger partial charge in [0.05, 0.1) is 0 Å². The van der Waals surface area contributed by atoms with Crippen molar-refractivity contribution in [2.24, 2.45) is 0 Å². The van der Waals surface area contributed by atoms with E-state index in [2.05, 4.69) is 32.9 Å². The Morgan fingerprint density at radius 1 is 0.317 bits per heavy atom. The highest BCUT2D eigenvalue weighted by molar-refractivity contribution is 5.71. The van der Waals surface area contributed by atoms with Gasteiger partial charge in [-0.05, 0) is 38.5 Å². The monoisotopic (exact) mass is 847 g/mol. The van der Waals surface area contributed by atoms with Crippen LogP contribution in [0.25, 0.3) is 0 Å². The number of esters is 3. The van der Waals surface area contributed by atoms with Crippen molar-refractivity contribution in [3.8, 4) is 0 Å². The summed E-state index contributed by atoms with van der Waals surface area (Å²) in [5.41, 5.74) is 0. The molecule has 0 aromatic rings. The molecular formula is C54H102O6. The van der Waals surface area contributed by atoms with Crippen molar-refractivity contribution in [3.05, 3.63) is 12.2 Å². The lowest BCUT2D eigenvalue weighted by molar-refractivity contribution is -0.167. The van der Waals surface area contributed by atoms with E-state index in [1.807, 2.05) is 0 Å². The predicted molar refractivity (Wildman–Crippen MR) is 256 cm³/mol. The van der Waals surface area contributed by atoms with E-state index >= 15 is 0 Å². The van der Waals surface area contributed by atoms with E-state index in [0.717, 1.165) is 83.5 Å². The van der Waals surface area contributed by atoms with Crippen LogP contribution in [0.3, 0.4) is 0 Å². The molecule has 0 bridgehead atoms. The number of carbonyl (C=O) groups is 3. The fourth-order valence-corrected chi connectivity index (χ4v) is 7.98. The van der Waals surface area contributed by atoms with Gasteiger partial charge in [-0.1, -0.05) is 251 Å². The smallest absolute Gasteiger partial charge is 0.306 e. The summed E-state index contributed by atoms with van der Waals surface area (Å²) in [7, 11) is 0. The van der Waals surface area contributed by atoms with Crippen LogP contribution < -0.4 is 0 Å². The molecule has 60 heavy (non-hydrogen) atoms. The number of allylic oxidation sites excluding steroid dienone is 2.